The van der Waals surface area contributed by atoms with Crippen LogP contribution in [0.15, 0.2) is 120 Å². The number of amides is 1. The molecule has 2 atom stereocenters. The van der Waals surface area contributed by atoms with Gasteiger partial charge in [-0.05, 0) is 65.9 Å². The minimum atomic E-state index is -1.02. The van der Waals surface area contributed by atoms with Gasteiger partial charge in [-0.25, -0.2) is 19.3 Å². The Kier molecular flexibility index (Phi) is 8.93. The molecule has 1 radical (unpaired) electrons. The van der Waals surface area contributed by atoms with Crippen LogP contribution in [0.4, 0.5) is 5.82 Å². The number of fused-ring (bicyclic) bond motifs is 1. The van der Waals surface area contributed by atoms with Crippen LogP contribution < -0.4 is 20.5 Å². The summed E-state index contributed by atoms with van der Waals surface area (Å²) < 4.78 is 25.8. The largest absolute Gasteiger partial charge is 0.497 e. The second kappa shape index (κ2) is 13.8. The summed E-state index contributed by atoms with van der Waals surface area (Å²) >= 11 is 0. The van der Waals surface area contributed by atoms with Gasteiger partial charge in [0, 0.05) is 5.56 Å². The number of rotatable bonds is 11. The van der Waals surface area contributed by atoms with Gasteiger partial charge in [0.05, 0.1) is 26.9 Å². The standard InChI is InChI=1S/C38H34N5O6/c1-46-29-17-13-27(14-18-29)38(26-11-7-4-8-12-26,28-15-19-30(47-2)20-16-28)48-23-31-21-22-32(49-31)43-35-33(41-37(43)45)34(39-24-40-35)42-36(44)25-9-5-3-6-10-25/h3-21,24,31-32H,22-23H2,1-2H3,(H,41,45)(H,39,40,42,44)/t31-,32-/m1/s1. The van der Waals surface area contributed by atoms with Crippen LogP contribution in [0.25, 0.3) is 11.2 Å². The number of H-pyrrole nitrogens is 1. The second-order valence-electron chi connectivity index (χ2n) is 11.5. The molecule has 2 aromatic heterocycles. The Morgan fingerprint density at radius 1 is 0.857 bits per heavy atom. The van der Waals surface area contributed by atoms with E-state index in [1.54, 1.807) is 38.5 Å². The van der Waals surface area contributed by atoms with Gasteiger partial charge >= 0.3 is 5.69 Å². The zero-order valence-electron chi connectivity index (χ0n) is 26.9. The summed E-state index contributed by atoms with van der Waals surface area (Å²) in [6.07, 6.45) is 2.62. The first-order valence-corrected chi connectivity index (χ1v) is 15.8. The third-order valence-corrected chi connectivity index (χ3v) is 8.63. The third kappa shape index (κ3) is 6.17. The number of hydrogen-bond donors (Lipinski definition) is 2. The van der Waals surface area contributed by atoms with E-state index in [9.17, 15) is 9.59 Å². The maximum absolute atomic E-state index is 13.3. The van der Waals surface area contributed by atoms with Crippen molar-refractivity contribution in [1.29, 1.82) is 0 Å². The molecule has 7 rings (SSSR count). The number of ether oxygens (including phenoxy) is 4. The molecule has 11 nitrogen and oxygen atoms in total. The monoisotopic (exact) mass is 656 g/mol. The molecule has 0 saturated carbocycles. The molecule has 1 saturated heterocycles. The van der Waals surface area contributed by atoms with Gasteiger partial charge in [0.25, 0.3) is 5.91 Å². The number of hydrogen-bond acceptors (Lipinski definition) is 8. The van der Waals surface area contributed by atoms with Crippen molar-refractivity contribution in [3.8, 4) is 11.5 Å². The van der Waals surface area contributed by atoms with Crippen LogP contribution in [-0.4, -0.2) is 52.4 Å². The topological polar surface area (TPSA) is 130 Å². The molecule has 1 aliphatic rings. The highest BCUT2D eigenvalue weighted by Gasteiger charge is 2.40. The lowest BCUT2D eigenvalue weighted by Gasteiger charge is -2.37. The lowest BCUT2D eigenvalue weighted by Crippen LogP contribution is -2.36. The van der Waals surface area contributed by atoms with Crippen molar-refractivity contribution in [1.82, 2.24) is 19.5 Å². The molecule has 1 amide bonds. The number of benzene rings is 4. The quantitative estimate of drug-likeness (QED) is 0.165. The van der Waals surface area contributed by atoms with E-state index in [0.29, 0.717) is 23.1 Å². The van der Waals surface area contributed by atoms with Crippen LogP contribution in [0.2, 0.25) is 0 Å². The van der Waals surface area contributed by atoms with Crippen LogP contribution in [0.5, 0.6) is 11.5 Å². The zero-order valence-corrected chi connectivity index (χ0v) is 26.9. The maximum atomic E-state index is 13.3. The van der Waals surface area contributed by atoms with Crippen LogP contribution in [0, 0.1) is 6.42 Å². The van der Waals surface area contributed by atoms with E-state index < -0.39 is 23.6 Å². The van der Waals surface area contributed by atoms with Crippen molar-refractivity contribution in [2.75, 3.05) is 26.1 Å². The van der Waals surface area contributed by atoms with E-state index in [1.807, 2.05) is 91.3 Å². The summed E-state index contributed by atoms with van der Waals surface area (Å²) in [4.78, 5) is 37.5. The van der Waals surface area contributed by atoms with E-state index in [4.69, 9.17) is 18.9 Å². The lowest BCUT2D eigenvalue weighted by atomic mass is 9.80. The van der Waals surface area contributed by atoms with Crippen LogP contribution in [0.3, 0.4) is 0 Å². The highest BCUT2D eigenvalue weighted by atomic mass is 16.6. The number of anilines is 1. The van der Waals surface area contributed by atoms with Gasteiger partial charge in [0.1, 0.15) is 35.2 Å². The third-order valence-electron chi connectivity index (χ3n) is 8.63. The van der Waals surface area contributed by atoms with Crippen molar-refractivity contribution in [2.45, 2.75) is 24.4 Å². The second-order valence-corrected chi connectivity index (χ2v) is 11.5. The molecule has 49 heavy (non-hydrogen) atoms. The van der Waals surface area contributed by atoms with Gasteiger partial charge in [0.15, 0.2) is 11.5 Å². The summed E-state index contributed by atoms with van der Waals surface area (Å²) in [6.45, 7) is 0.175. The van der Waals surface area contributed by atoms with Crippen molar-refractivity contribution < 1.29 is 23.7 Å². The molecule has 0 unspecified atom stereocenters. The summed E-state index contributed by atoms with van der Waals surface area (Å²) in [5.74, 6) is 1.30. The number of aromatic amines is 1. The first-order chi connectivity index (χ1) is 24.0. The molecule has 4 aromatic carbocycles. The molecule has 2 N–H and O–H groups in total. The maximum Gasteiger partial charge on any atom is 0.329 e. The first-order valence-electron chi connectivity index (χ1n) is 15.8. The number of carbonyl (C=O) groups excluding carboxylic acids is 1. The summed E-state index contributed by atoms with van der Waals surface area (Å²) in [5.41, 5.74) is 2.35. The fourth-order valence-corrected chi connectivity index (χ4v) is 6.20. The molecule has 1 aliphatic heterocycles. The van der Waals surface area contributed by atoms with Gasteiger partial charge in [0.2, 0.25) is 0 Å². The number of carbonyl (C=O) groups is 1. The smallest absolute Gasteiger partial charge is 0.329 e. The van der Waals surface area contributed by atoms with E-state index in [0.717, 1.165) is 28.2 Å². The predicted molar refractivity (Wildman–Crippen MR) is 184 cm³/mol. The summed E-state index contributed by atoms with van der Waals surface area (Å²) in [7, 11) is 3.27. The highest BCUT2D eigenvalue weighted by molar-refractivity contribution is 6.06. The average Bonchev–Trinajstić information content (AvgIpc) is 3.76. The molecule has 6 aromatic rings. The van der Waals surface area contributed by atoms with Crippen LogP contribution in [-0.2, 0) is 15.1 Å². The Morgan fingerprint density at radius 2 is 1.45 bits per heavy atom. The van der Waals surface area contributed by atoms with Crippen molar-refractivity contribution in [3.05, 3.63) is 155 Å². The van der Waals surface area contributed by atoms with Crippen LogP contribution >= 0.6 is 0 Å². The average molecular weight is 657 g/mol. The molecule has 1 fully saturated rings. The Labute approximate surface area is 282 Å². The highest BCUT2D eigenvalue weighted by Crippen LogP contribution is 2.42. The van der Waals surface area contributed by atoms with Crippen molar-refractivity contribution in [2.24, 2.45) is 0 Å². The minimum absolute atomic E-state index is 0.175. The molecule has 0 aliphatic carbocycles. The number of imidazole rings is 1. The van der Waals surface area contributed by atoms with Gasteiger partial charge in [-0.3, -0.25) is 4.79 Å². The number of methoxy groups -OCH3 is 2. The molecular formula is C38H34N5O6. The van der Waals surface area contributed by atoms with E-state index in [1.165, 1.54) is 10.9 Å². The van der Waals surface area contributed by atoms with E-state index >= 15 is 0 Å². The van der Waals surface area contributed by atoms with E-state index in [-0.39, 0.29) is 18.3 Å². The molecule has 0 bridgehead atoms. The predicted octanol–water partition coefficient (Wildman–Crippen LogP) is 5.89. The molecule has 11 heteroatoms. The van der Waals surface area contributed by atoms with Gasteiger partial charge in [-0.2, -0.15) is 0 Å². The molecule has 0 spiro atoms. The Morgan fingerprint density at radius 3 is 2.06 bits per heavy atom. The van der Waals surface area contributed by atoms with Crippen LogP contribution in [0.1, 0.15) is 39.7 Å². The SMILES string of the molecule is COc1ccc(C(OC[C@H]2[CH]C[C@H](n3c(=O)[nH]c4c(NC(=O)c5ccccc5)ncnc43)O2)(c2ccccc2)c2ccc(OC)cc2)cc1. The zero-order chi connectivity index (χ0) is 33.8. The van der Waals surface area contributed by atoms with Gasteiger partial charge < -0.3 is 29.2 Å². The number of nitrogens with one attached hydrogen (secondary N) is 2. The minimum Gasteiger partial charge on any atom is -0.497 e. The first kappa shape index (κ1) is 31.8. The normalized spacial score (nSPS) is 16.0. The van der Waals surface area contributed by atoms with E-state index in [2.05, 4.69) is 20.3 Å². The van der Waals surface area contributed by atoms with Gasteiger partial charge in [-0.15, -0.1) is 0 Å². The molecule has 247 valence electrons. The summed E-state index contributed by atoms with van der Waals surface area (Å²) in [6, 6.07) is 34.4. The number of nitrogens with zero attached hydrogens (tertiary/aromatic N) is 3. The van der Waals surface area contributed by atoms with Crippen molar-refractivity contribution in [3.63, 3.8) is 0 Å². The molecular weight excluding hydrogens is 622 g/mol. The Hall–Kier alpha value is -5.78. The van der Waals surface area contributed by atoms with Gasteiger partial charge in [-0.1, -0.05) is 72.8 Å². The Bertz CT molecular complexity index is 2050. The summed E-state index contributed by atoms with van der Waals surface area (Å²) in [5, 5.41) is 2.78. The lowest BCUT2D eigenvalue weighted by molar-refractivity contribution is -0.0709. The molecule has 3 heterocycles. The number of aromatic nitrogens is 4. The van der Waals surface area contributed by atoms with Crippen molar-refractivity contribution >= 4 is 22.9 Å². The Balaban J connectivity index is 1.18. The fourth-order valence-electron chi connectivity index (χ4n) is 6.20. The fraction of sp³-hybridized carbons (Fsp3) is 0.184.